The van der Waals surface area contributed by atoms with Crippen LogP contribution in [0, 0.1) is 5.82 Å². The average molecular weight is 307 g/mol. The average Bonchev–Trinajstić information content (AvgIpc) is 2.56. The van der Waals surface area contributed by atoms with Gasteiger partial charge in [0.15, 0.2) is 17.3 Å². The van der Waals surface area contributed by atoms with Crippen LogP contribution in [0.3, 0.4) is 0 Å². The van der Waals surface area contributed by atoms with E-state index in [1.165, 1.54) is 33.6 Å². The molecule has 0 bridgehead atoms. The van der Waals surface area contributed by atoms with E-state index in [9.17, 15) is 9.18 Å². The summed E-state index contributed by atoms with van der Waals surface area (Å²) in [5.41, 5.74) is 5.35. The number of carbonyl (C=O) groups excluding carboxylic acids is 1. The maximum absolute atomic E-state index is 14.4. The Balaban J connectivity index is 2.64. The molecule has 0 aromatic carbocycles. The maximum atomic E-state index is 14.4. The Hall–Kier alpha value is -2.90. The Morgan fingerprint density at radius 3 is 2.45 bits per heavy atom. The molecule has 0 aliphatic heterocycles. The molecular formula is C14H14FN3O4. The highest BCUT2D eigenvalue weighted by molar-refractivity contribution is 5.93. The van der Waals surface area contributed by atoms with E-state index in [-0.39, 0.29) is 22.8 Å². The molecule has 0 aliphatic rings. The van der Waals surface area contributed by atoms with Gasteiger partial charge in [-0.2, -0.15) is 0 Å². The van der Waals surface area contributed by atoms with Gasteiger partial charge in [-0.3, -0.25) is 0 Å². The van der Waals surface area contributed by atoms with Gasteiger partial charge in [0.2, 0.25) is 5.88 Å². The number of carbonyl (C=O) groups is 1. The van der Waals surface area contributed by atoms with E-state index >= 15 is 0 Å². The van der Waals surface area contributed by atoms with Crippen LogP contribution in [0.25, 0.3) is 11.3 Å². The van der Waals surface area contributed by atoms with Crippen molar-refractivity contribution in [2.75, 3.05) is 27.1 Å². The summed E-state index contributed by atoms with van der Waals surface area (Å²) in [4.78, 5) is 19.7. The number of pyridine rings is 2. The van der Waals surface area contributed by atoms with Crippen molar-refractivity contribution in [2.45, 2.75) is 0 Å². The second kappa shape index (κ2) is 6.25. The predicted molar refractivity (Wildman–Crippen MR) is 76.3 cm³/mol. The van der Waals surface area contributed by atoms with Crippen molar-refractivity contribution in [2.24, 2.45) is 0 Å². The quantitative estimate of drug-likeness (QED) is 0.858. The Morgan fingerprint density at radius 2 is 1.95 bits per heavy atom. The number of halogens is 1. The second-order valence-electron chi connectivity index (χ2n) is 4.15. The van der Waals surface area contributed by atoms with Crippen molar-refractivity contribution in [1.29, 1.82) is 0 Å². The fourth-order valence-electron chi connectivity index (χ4n) is 1.84. The first kappa shape index (κ1) is 15.5. The molecule has 0 saturated heterocycles. The van der Waals surface area contributed by atoms with Gasteiger partial charge in [-0.1, -0.05) is 0 Å². The van der Waals surface area contributed by atoms with Gasteiger partial charge < -0.3 is 19.9 Å². The third-order valence-electron chi connectivity index (χ3n) is 2.93. The molecule has 0 saturated carbocycles. The number of esters is 1. The first-order valence-electron chi connectivity index (χ1n) is 6.15. The number of methoxy groups -OCH3 is 3. The van der Waals surface area contributed by atoms with Gasteiger partial charge in [-0.05, 0) is 6.07 Å². The molecule has 7 nitrogen and oxygen atoms in total. The summed E-state index contributed by atoms with van der Waals surface area (Å²) < 4.78 is 28.9. The highest BCUT2D eigenvalue weighted by atomic mass is 19.1. The summed E-state index contributed by atoms with van der Waals surface area (Å²) in [6.07, 6.45) is 1.36. The summed E-state index contributed by atoms with van der Waals surface area (Å²) in [7, 11) is 3.90. The van der Waals surface area contributed by atoms with Gasteiger partial charge in [0, 0.05) is 17.8 Å². The van der Waals surface area contributed by atoms with Crippen molar-refractivity contribution in [3.05, 3.63) is 29.8 Å². The molecule has 0 aliphatic carbocycles. The lowest BCUT2D eigenvalue weighted by Gasteiger charge is -2.13. The second-order valence-corrected chi connectivity index (χ2v) is 4.15. The first-order valence-corrected chi connectivity index (χ1v) is 6.15. The van der Waals surface area contributed by atoms with Crippen LogP contribution in [-0.4, -0.2) is 37.3 Å². The smallest absolute Gasteiger partial charge is 0.360 e. The first-order chi connectivity index (χ1) is 10.5. The van der Waals surface area contributed by atoms with E-state index in [4.69, 9.17) is 15.2 Å². The summed E-state index contributed by atoms with van der Waals surface area (Å²) in [5.74, 6) is -1.41. The number of nitrogens with two attached hydrogens (primary N) is 1. The Morgan fingerprint density at radius 1 is 1.23 bits per heavy atom. The van der Waals surface area contributed by atoms with E-state index in [2.05, 4.69) is 14.7 Å². The highest BCUT2D eigenvalue weighted by Gasteiger charge is 2.24. The molecule has 0 fully saturated rings. The molecule has 2 aromatic rings. The van der Waals surface area contributed by atoms with Gasteiger partial charge in [-0.25, -0.2) is 19.2 Å². The van der Waals surface area contributed by atoms with Crippen LogP contribution in [0.1, 0.15) is 10.5 Å². The number of aromatic nitrogens is 2. The third kappa shape index (κ3) is 2.62. The lowest BCUT2D eigenvalue weighted by molar-refractivity contribution is 0.0590. The van der Waals surface area contributed by atoms with Gasteiger partial charge >= 0.3 is 5.97 Å². The van der Waals surface area contributed by atoms with Crippen molar-refractivity contribution in [1.82, 2.24) is 9.97 Å². The molecule has 116 valence electrons. The summed E-state index contributed by atoms with van der Waals surface area (Å²) in [6.45, 7) is 0. The van der Waals surface area contributed by atoms with E-state index in [0.717, 1.165) is 0 Å². The molecule has 2 rings (SSSR count). The van der Waals surface area contributed by atoms with E-state index in [1.54, 1.807) is 6.07 Å². The molecule has 2 N–H and O–H groups in total. The van der Waals surface area contributed by atoms with Crippen LogP contribution < -0.4 is 15.2 Å². The molecule has 0 atom stereocenters. The zero-order valence-electron chi connectivity index (χ0n) is 12.2. The lowest BCUT2D eigenvalue weighted by Crippen LogP contribution is -2.12. The van der Waals surface area contributed by atoms with Crippen LogP contribution in [0.5, 0.6) is 11.6 Å². The lowest BCUT2D eigenvalue weighted by atomic mass is 10.1. The van der Waals surface area contributed by atoms with Gasteiger partial charge in [0.1, 0.15) is 11.4 Å². The monoisotopic (exact) mass is 307 g/mol. The van der Waals surface area contributed by atoms with Crippen molar-refractivity contribution in [3.63, 3.8) is 0 Å². The standard InChI is InChI=1S/C14H14FN3O4/c1-20-8-5-4-7(6-17-8)11-9(15)10(16)13(21-2)12(18-11)14(19)22-3/h4-6H,1-3H3,(H2,16,18). The van der Waals surface area contributed by atoms with Gasteiger partial charge in [-0.15, -0.1) is 0 Å². The zero-order valence-corrected chi connectivity index (χ0v) is 12.2. The number of nitrogens with zero attached hydrogens (tertiary/aromatic N) is 2. The molecule has 2 aromatic heterocycles. The SMILES string of the molecule is COC(=O)c1nc(-c2ccc(OC)nc2)c(F)c(N)c1OC. The molecule has 0 amide bonds. The number of nitrogen functional groups attached to an aromatic ring is 1. The van der Waals surface area contributed by atoms with Crippen LogP contribution in [0.2, 0.25) is 0 Å². The van der Waals surface area contributed by atoms with Crippen LogP contribution >= 0.6 is 0 Å². The predicted octanol–water partition coefficient (Wildman–Crippen LogP) is 1.67. The Kier molecular flexibility index (Phi) is 4.40. The highest BCUT2D eigenvalue weighted by Crippen LogP contribution is 2.34. The van der Waals surface area contributed by atoms with E-state index in [0.29, 0.717) is 11.4 Å². The van der Waals surface area contributed by atoms with E-state index < -0.39 is 11.8 Å². The fourth-order valence-corrected chi connectivity index (χ4v) is 1.84. The topological polar surface area (TPSA) is 96.6 Å². The maximum Gasteiger partial charge on any atom is 0.360 e. The third-order valence-corrected chi connectivity index (χ3v) is 2.93. The Labute approximate surface area is 125 Å². The normalized spacial score (nSPS) is 10.2. The zero-order chi connectivity index (χ0) is 16.3. The largest absolute Gasteiger partial charge is 0.492 e. The van der Waals surface area contributed by atoms with Gasteiger partial charge in [0.25, 0.3) is 0 Å². The molecule has 8 heteroatoms. The van der Waals surface area contributed by atoms with Crippen molar-refractivity contribution in [3.8, 4) is 22.9 Å². The van der Waals surface area contributed by atoms with Crippen molar-refractivity contribution < 1.29 is 23.4 Å². The number of anilines is 1. The molecule has 0 spiro atoms. The summed E-state index contributed by atoms with van der Waals surface area (Å²) in [5, 5.41) is 0. The van der Waals surface area contributed by atoms with Crippen LogP contribution in [0.15, 0.2) is 18.3 Å². The minimum absolute atomic E-state index is 0.131. The Bertz CT molecular complexity index is 704. The molecule has 0 unspecified atom stereocenters. The van der Waals surface area contributed by atoms with Crippen LogP contribution in [0.4, 0.5) is 10.1 Å². The van der Waals surface area contributed by atoms with Crippen molar-refractivity contribution >= 4 is 11.7 Å². The number of hydrogen-bond donors (Lipinski definition) is 1. The van der Waals surface area contributed by atoms with Gasteiger partial charge in [0.05, 0.1) is 21.3 Å². The number of rotatable bonds is 4. The minimum Gasteiger partial charge on any atom is -0.492 e. The fraction of sp³-hybridized carbons (Fsp3) is 0.214. The van der Waals surface area contributed by atoms with E-state index in [1.807, 2.05) is 0 Å². The minimum atomic E-state index is -0.809. The molecular weight excluding hydrogens is 293 g/mol. The number of hydrogen-bond acceptors (Lipinski definition) is 7. The number of ether oxygens (including phenoxy) is 3. The summed E-state index contributed by atoms with van der Waals surface area (Å²) >= 11 is 0. The molecule has 0 radical (unpaired) electrons. The summed E-state index contributed by atoms with van der Waals surface area (Å²) in [6, 6.07) is 3.08. The van der Waals surface area contributed by atoms with Crippen LogP contribution in [-0.2, 0) is 4.74 Å². The molecule has 2 heterocycles. The molecule has 22 heavy (non-hydrogen) atoms.